The highest BCUT2D eigenvalue weighted by Crippen LogP contribution is 2.28. The zero-order valence-corrected chi connectivity index (χ0v) is 8.10. The second-order valence-electron chi connectivity index (χ2n) is 3.65. The van der Waals surface area contributed by atoms with Crippen LogP contribution in [0.1, 0.15) is 25.1 Å². The maximum Gasteiger partial charge on any atom is 0.433 e. The van der Waals surface area contributed by atoms with Gasteiger partial charge >= 0.3 is 6.18 Å². The number of rotatable bonds is 2. The van der Waals surface area contributed by atoms with E-state index in [0.29, 0.717) is 17.9 Å². The third kappa shape index (κ3) is 3.01. The Morgan fingerprint density at radius 2 is 2.00 bits per heavy atom. The Bertz CT molecular complexity index is 304. The Labute approximate surface area is 81.0 Å². The van der Waals surface area contributed by atoms with E-state index in [-0.39, 0.29) is 0 Å². The molecule has 78 valence electrons. The lowest BCUT2D eigenvalue weighted by atomic mass is 10.0. The van der Waals surface area contributed by atoms with E-state index in [1.54, 1.807) is 6.07 Å². The second-order valence-corrected chi connectivity index (χ2v) is 3.65. The summed E-state index contributed by atoms with van der Waals surface area (Å²) in [7, 11) is 0. The van der Waals surface area contributed by atoms with Crippen LogP contribution in [0.5, 0.6) is 0 Å². The van der Waals surface area contributed by atoms with Crippen molar-refractivity contribution in [3.8, 4) is 0 Å². The number of alkyl halides is 3. The van der Waals surface area contributed by atoms with Crippen molar-refractivity contribution in [3.05, 3.63) is 29.6 Å². The van der Waals surface area contributed by atoms with Gasteiger partial charge in [-0.1, -0.05) is 13.8 Å². The largest absolute Gasteiger partial charge is 0.433 e. The van der Waals surface area contributed by atoms with Gasteiger partial charge in [-0.3, -0.25) is 4.98 Å². The van der Waals surface area contributed by atoms with Gasteiger partial charge in [-0.2, -0.15) is 13.2 Å². The Morgan fingerprint density at radius 3 is 2.50 bits per heavy atom. The fourth-order valence-electron chi connectivity index (χ4n) is 1.23. The van der Waals surface area contributed by atoms with Crippen LogP contribution in [0.15, 0.2) is 18.3 Å². The summed E-state index contributed by atoms with van der Waals surface area (Å²) in [6.45, 7) is 3.93. The van der Waals surface area contributed by atoms with E-state index in [2.05, 4.69) is 4.98 Å². The highest BCUT2D eigenvalue weighted by atomic mass is 19.4. The van der Waals surface area contributed by atoms with Crippen molar-refractivity contribution >= 4 is 0 Å². The molecule has 1 aromatic rings. The van der Waals surface area contributed by atoms with E-state index in [1.807, 2.05) is 13.8 Å². The van der Waals surface area contributed by atoms with Crippen LogP contribution in [-0.4, -0.2) is 4.98 Å². The average molecular weight is 203 g/mol. The van der Waals surface area contributed by atoms with Gasteiger partial charge in [0.2, 0.25) is 0 Å². The molecule has 0 aliphatic heterocycles. The Morgan fingerprint density at radius 1 is 1.36 bits per heavy atom. The number of hydrogen-bond donors (Lipinski definition) is 0. The predicted molar refractivity (Wildman–Crippen MR) is 47.8 cm³/mol. The van der Waals surface area contributed by atoms with E-state index < -0.39 is 11.9 Å². The molecule has 14 heavy (non-hydrogen) atoms. The minimum absolute atomic E-state index is 0.346. The first-order chi connectivity index (χ1) is 6.39. The van der Waals surface area contributed by atoms with Crippen LogP contribution in [0.4, 0.5) is 13.2 Å². The molecule has 0 unspecified atom stereocenters. The lowest BCUT2D eigenvalue weighted by Crippen LogP contribution is -2.08. The van der Waals surface area contributed by atoms with Crippen LogP contribution in [0.3, 0.4) is 0 Å². The van der Waals surface area contributed by atoms with Crippen LogP contribution in [0.2, 0.25) is 0 Å². The van der Waals surface area contributed by atoms with Crippen molar-refractivity contribution in [1.82, 2.24) is 4.98 Å². The Balaban J connectivity index is 2.90. The molecular weight excluding hydrogens is 191 g/mol. The predicted octanol–water partition coefficient (Wildman–Crippen LogP) is 3.30. The van der Waals surface area contributed by atoms with Gasteiger partial charge < -0.3 is 0 Å². The van der Waals surface area contributed by atoms with Gasteiger partial charge in [0.15, 0.2) is 0 Å². The molecule has 0 radical (unpaired) electrons. The quantitative estimate of drug-likeness (QED) is 0.718. The van der Waals surface area contributed by atoms with E-state index in [9.17, 15) is 13.2 Å². The molecule has 1 rings (SSSR count). The summed E-state index contributed by atoms with van der Waals surface area (Å²) in [4.78, 5) is 3.29. The van der Waals surface area contributed by atoms with Crippen molar-refractivity contribution < 1.29 is 13.2 Å². The monoisotopic (exact) mass is 203 g/mol. The van der Waals surface area contributed by atoms with E-state index in [1.165, 1.54) is 6.20 Å². The summed E-state index contributed by atoms with van der Waals surface area (Å²) < 4.78 is 36.7. The zero-order valence-electron chi connectivity index (χ0n) is 8.10. The van der Waals surface area contributed by atoms with E-state index >= 15 is 0 Å². The van der Waals surface area contributed by atoms with Gasteiger partial charge in [0.1, 0.15) is 5.69 Å². The molecule has 4 heteroatoms. The summed E-state index contributed by atoms with van der Waals surface area (Å²) in [5.41, 5.74) is -0.127. The Hall–Kier alpha value is -1.06. The zero-order chi connectivity index (χ0) is 10.8. The molecule has 0 N–H and O–H groups in total. The molecule has 1 heterocycles. The minimum atomic E-state index is -4.34. The molecule has 0 saturated heterocycles. The molecule has 0 amide bonds. The van der Waals surface area contributed by atoms with Crippen molar-refractivity contribution in [1.29, 1.82) is 0 Å². The molecular formula is C10H12F3N. The molecule has 1 nitrogen and oxygen atoms in total. The van der Waals surface area contributed by atoms with Crippen LogP contribution >= 0.6 is 0 Å². The summed E-state index contributed by atoms with van der Waals surface area (Å²) in [6.07, 6.45) is -2.49. The lowest BCUT2D eigenvalue weighted by Gasteiger charge is -2.08. The number of hydrogen-bond acceptors (Lipinski definition) is 1. The van der Waals surface area contributed by atoms with Gasteiger partial charge in [-0.15, -0.1) is 0 Å². The number of aromatic nitrogens is 1. The second kappa shape index (κ2) is 3.98. The van der Waals surface area contributed by atoms with Gasteiger partial charge in [0, 0.05) is 6.20 Å². The van der Waals surface area contributed by atoms with Crippen LogP contribution in [0, 0.1) is 5.92 Å². The number of halogens is 3. The fourth-order valence-corrected chi connectivity index (χ4v) is 1.23. The van der Waals surface area contributed by atoms with Crippen molar-refractivity contribution in [2.45, 2.75) is 26.4 Å². The average Bonchev–Trinajstić information content (AvgIpc) is 2.01. The molecule has 1 aromatic heterocycles. The molecule has 0 fully saturated rings. The van der Waals surface area contributed by atoms with Gasteiger partial charge in [-0.25, -0.2) is 0 Å². The van der Waals surface area contributed by atoms with Crippen LogP contribution in [-0.2, 0) is 12.6 Å². The number of nitrogens with zero attached hydrogens (tertiary/aromatic N) is 1. The normalized spacial score (nSPS) is 12.1. The molecule has 0 aromatic carbocycles. The van der Waals surface area contributed by atoms with Crippen molar-refractivity contribution in [2.24, 2.45) is 5.92 Å². The van der Waals surface area contributed by atoms with E-state index in [0.717, 1.165) is 6.07 Å². The topological polar surface area (TPSA) is 12.9 Å². The lowest BCUT2D eigenvalue weighted by molar-refractivity contribution is -0.141. The molecule has 0 bridgehead atoms. The third-order valence-electron chi connectivity index (χ3n) is 1.76. The first kappa shape index (κ1) is 11.0. The third-order valence-corrected chi connectivity index (χ3v) is 1.76. The molecule has 0 saturated carbocycles. The summed E-state index contributed by atoms with van der Waals surface area (Å²) >= 11 is 0. The Kier molecular flexibility index (Phi) is 3.13. The molecule has 0 aliphatic carbocycles. The van der Waals surface area contributed by atoms with Crippen LogP contribution < -0.4 is 0 Å². The molecule has 0 spiro atoms. The first-order valence-electron chi connectivity index (χ1n) is 4.41. The van der Waals surface area contributed by atoms with Crippen molar-refractivity contribution in [3.63, 3.8) is 0 Å². The standard InChI is InChI=1S/C10H12F3N/c1-7(2)5-8-3-4-14-9(6-8)10(11,12)13/h3-4,6-7H,5H2,1-2H3. The van der Waals surface area contributed by atoms with Gasteiger partial charge in [-0.05, 0) is 30.0 Å². The highest BCUT2D eigenvalue weighted by molar-refractivity contribution is 5.18. The van der Waals surface area contributed by atoms with Crippen molar-refractivity contribution in [2.75, 3.05) is 0 Å². The SMILES string of the molecule is CC(C)Cc1ccnc(C(F)(F)F)c1. The van der Waals surface area contributed by atoms with Gasteiger partial charge in [0.05, 0.1) is 0 Å². The summed E-state index contributed by atoms with van der Waals surface area (Å²) in [5, 5.41) is 0. The van der Waals surface area contributed by atoms with Gasteiger partial charge in [0.25, 0.3) is 0 Å². The summed E-state index contributed by atoms with van der Waals surface area (Å²) in [5.74, 6) is 0.346. The molecule has 0 aliphatic rings. The maximum absolute atomic E-state index is 12.2. The van der Waals surface area contributed by atoms with E-state index in [4.69, 9.17) is 0 Å². The maximum atomic E-state index is 12.2. The first-order valence-corrected chi connectivity index (χ1v) is 4.41. The minimum Gasteiger partial charge on any atom is -0.252 e. The molecule has 0 atom stereocenters. The smallest absolute Gasteiger partial charge is 0.252 e. The fraction of sp³-hybridized carbons (Fsp3) is 0.500. The van der Waals surface area contributed by atoms with Crippen LogP contribution in [0.25, 0.3) is 0 Å². The highest BCUT2D eigenvalue weighted by Gasteiger charge is 2.32. The summed E-state index contributed by atoms with van der Waals surface area (Å²) in [6, 6.07) is 2.73. The number of pyridine rings is 1.